The first-order chi connectivity index (χ1) is 13.0. The predicted molar refractivity (Wildman–Crippen MR) is 95.3 cm³/mol. The second-order valence-electron chi connectivity index (χ2n) is 7.14. The van der Waals surface area contributed by atoms with Gasteiger partial charge in [-0.1, -0.05) is 0 Å². The quantitative estimate of drug-likeness (QED) is 0.806. The van der Waals surface area contributed by atoms with E-state index < -0.39 is 0 Å². The molecule has 1 aromatic rings. The van der Waals surface area contributed by atoms with Crippen molar-refractivity contribution in [3.63, 3.8) is 0 Å². The van der Waals surface area contributed by atoms with Gasteiger partial charge in [0, 0.05) is 57.6 Å². The van der Waals surface area contributed by atoms with Crippen molar-refractivity contribution in [2.45, 2.75) is 51.6 Å². The molecule has 1 atom stereocenters. The number of hydrogen-bond donors (Lipinski definition) is 1. The Morgan fingerprint density at radius 1 is 1.22 bits per heavy atom. The van der Waals surface area contributed by atoms with Crippen LogP contribution in [-0.2, 0) is 27.3 Å². The second kappa shape index (κ2) is 7.05. The van der Waals surface area contributed by atoms with Crippen LogP contribution in [-0.4, -0.2) is 56.3 Å². The topological polar surface area (TPSA) is 108 Å². The maximum atomic E-state index is 12.8. The molecule has 1 aromatic heterocycles. The summed E-state index contributed by atoms with van der Waals surface area (Å²) in [6.07, 6.45) is 4.82. The monoisotopic (exact) mass is 370 g/mol. The Morgan fingerprint density at radius 2 is 2.07 bits per heavy atom. The highest BCUT2D eigenvalue weighted by Crippen LogP contribution is 2.31. The van der Waals surface area contributed by atoms with E-state index in [1.807, 2.05) is 0 Å². The summed E-state index contributed by atoms with van der Waals surface area (Å²) in [6.45, 7) is 3.39. The smallest absolute Gasteiger partial charge is 0.270 e. The lowest BCUT2D eigenvalue weighted by atomic mass is 10.1. The Labute approximate surface area is 156 Å². The molecule has 9 nitrogen and oxygen atoms in total. The van der Waals surface area contributed by atoms with Crippen LogP contribution in [0.3, 0.4) is 0 Å². The van der Waals surface area contributed by atoms with Crippen LogP contribution >= 0.6 is 0 Å². The summed E-state index contributed by atoms with van der Waals surface area (Å²) in [7, 11) is 0. The molecular weight excluding hydrogens is 348 g/mol. The van der Waals surface area contributed by atoms with E-state index in [0.29, 0.717) is 44.0 Å². The number of hydrazone groups is 1. The van der Waals surface area contributed by atoms with Crippen molar-refractivity contribution < 1.29 is 14.4 Å². The lowest BCUT2D eigenvalue weighted by Crippen LogP contribution is -2.40. The molecule has 4 rings (SSSR count). The standard InChI is InChI=1S/C18H22N6O3/c1-11(25)23-8-6-13-12(10-23)9-19-17(20-13)15-3-2-7-24(15)18(27)14-4-5-16(26)22-21-14/h9,15H,2-8,10H2,1H3,(H,22,26). The molecule has 0 aromatic carbocycles. The minimum Gasteiger partial charge on any atom is -0.338 e. The molecule has 27 heavy (non-hydrogen) atoms. The van der Waals surface area contributed by atoms with E-state index in [0.717, 1.165) is 24.1 Å². The first-order valence-corrected chi connectivity index (χ1v) is 9.29. The van der Waals surface area contributed by atoms with Gasteiger partial charge in [-0.05, 0) is 12.8 Å². The summed E-state index contributed by atoms with van der Waals surface area (Å²) >= 11 is 0. The Kier molecular flexibility index (Phi) is 4.59. The average Bonchev–Trinajstić information content (AvgIpc) is 3.17. The highest BCUT2D eigenvalue weighted by Gasteiger charge is 2.35. The SMILES string of the molecule is CC(=O)N1CCc2nc(C3CCCN3C(=O)C3=NNC(=O)CC3)ncc2C1. The Bertz CT molecular complexity index is 836. The summed E-state index contributed by atoms with van der Waals surface area (Å²) in [6, 6.07) is -0.172. The molecule has 0 radical (unpaired) electrons. The normalized spacial score (nSPS) is 22.2. The van der Waals surface area contributed by atoms with Gasteiger partial charge in [-0.2, -0.15) is 5.10 Å². The Balaban J connectivity index is 1.53. The van der Waals surface area contributed by atoms with Gasteiger partial charge in [0.2, 0.25) is 11.8 Å². The number of fused-ring (bicyclic) bond motifs is 1. The van der Waals surface area contributed by atoms with Gasteiger partial charge >= 0.3 is 0 Å². The molecule has 142 valence electrons. The largest absolute Gasteiger partial charge is 0.338 e. The fourth-order valence-corrected chi connectivity index (χ4v) is 3.83. The van der Waals surface area contributed by atoms with Crippen molar-refractivity contribution in [3.8, 4) is 0 Å². The number of rotatable bonds is 2. The van der Waals surface area contributed by atoms with E-state index in [2.05, 4.69) is 15.5 Å². The number of likely N-dealkylation sites (tertiary alicyclic amines) is 1. The van der Waals surface area contributed by atoms with Gasteiger partial charge in [0.15, 0.2) is 5.82 Å². The number of nitrogens with one attached hydrogen (secondary N) is 1. The molecule has 0 aliphatic carbocycles. The zero-order chi connectivity index (χ0) is 19.0. The molecule has 0 spiro atoms. The van der Waals surface area contributed by atoms with Crippen LogP contribution in [0.15, 0.2) is 11.3 Å². The fraction of sp³-hybridized carbons (Fsp3) is 0.556. The summed E-state index contributed by atoms with van der Waals surface area (Å²) < 4.78 is 0. The van der Waals surface area contributed by atoms with Crippen LogP contribution < -0.4 is 5.43 Å². The van der Waals surface area contributed by atoms with E-state index in [9.17, 15) is 14.4 Å². The molecule has 1 fully saturated rings. The maximum absolute atomic E-state index is 12.8. The second-order valence-corrected chi connectivity index (χ2v) is 7.14. The minimum absolute atomic E-state index is 0.0534. The summed E-state index contributed by atoms with van der Waals surface area (Å²) in [4.78, 5) is 48.5. The third-order valence-corrected chi connectivity index (χ3v) is 5.36. The van der Waals surface area contributed by atoms with Gasteiger partial charge in [0.05, 0.1) is 11.7 Å². The van der Waals surface area contributed by atoms with Crippen molar-refractivity contribution in [3.05, 3.63) is 23.3 Å². The number of nitrogens with zero attached hydrogens (tertiary/aromatic N) is 5. The number of carbonyl (C=O) groups excluding carboxylic acids is 3. The Morgan fingerprint density at radius 3 is 2.81 bits per heavy atom. The van der Waals surface area contributed by atoms with Crippen LogP contribution in [0.2, 0.25) is 0 Å². The van der Waals surface area contributed by atoms with E-state index >= 15 is 0 Å². The van der Waals surface area contributed by atoms with Gasteiger partial charge < -0.3 is 9.80 Å². The number of hydrogen-bond acceptors (Lipinski definition) is 6. The molecule has 3 amide bonds. The summed E-state index contributed by atoms with van der Waals surface area (Å²) in [5.74, 6) is 0.387. The molecule has 0 saturated carbocycles. The molecule has 4 heterocycles. The lowest BCUT2D eigenvalue weighted by Gasteiger charge is -2.29. The van der Waals surface area contributed by atoms with Gasteiger partial charge in [0.1, 0.15) is 5.71 Å². The minimum atomic E-state index is -0.172. The fourth-order valence-electron chi connectivity index (χ4n) is 3.83. The number of amides is 3. The zero-order valence-electron chi connectivity index (χ0n) is 15.3. The van der Waals surface area contributed by atoms with Crippen molar-refractivity contribution in [2.75, 3.05) is 13.1 Å². The Hall–Kier alpha value is -2.84. The number of aromatic nitrogens is 2. The number of carbonyl (C=O) groups is 3. The van der Waals surface area contributed by atoms with Gasteiger partial charge in [-0.3, -0.25) is 14.4 Å². The molecule has 0 bridgehead atoms. The molecule has 1 N–H and O–H groups in total. The maximum Gasteiger partial charge on any atom is 0.270 e. The molecule has 3 aliphatic rings. The third kappa shape index (κ3) is 3.41. The van der Waals surface area contributed by atoms with Crippen LogP contribution in [0.5, 0.6) is 0 Å². The van der Waals surface area contributed by atoms with Crippen LogP contribution in [0.25, 0.3) is 0 Å². The van der Waals surface area contributed by atoms with Crippen molar-refractivity contribution in [2.24, 2.45) is 5.10 Å². The summed E-state index contributed by atoms with van der Waals surface area (Å²) in [5.41, 5.74) is 4.69. The first kappa shape index (κ1) is 17.6. The van der Waals surface area contributed by atoms with E-state index in [-0.39, 0.29) is 30.2 Å². The highest BCUT2D eigenvalue weighted by molar-refractivity contribution is 6.39. The van der Waals surface area contributed by atoms with Crippen LogP contribution in [0.1, 0.15) is 55.7 Å². The highest BCUT2D eigenvalue weighted by atomic mass is 16.2. The third-order valence-electron chi connectivity index (χ3n) is 5.36. The van der Waals surface area contributed by atoms with E-state index in [1.165, 1.54) is 0 Å². The predicted octanol–water partition coefficient (Wildman–Crippen LogP) is 0.311. The van der Waals surface area contributed by atoms with E-state index in [4.69, 9.17) is 4.98 Å². The van der Waals surface area contributed by atoms with E-state index in [1.54, 1.807) is 22.9 Å². The zero-order valence-corrected chi connectivity index (χ0v) is 15.3. The van der Waals surface area contributed by atoms with Crippen molar-refractivity contribution in [1.29, 1.82) is 0 Å². The molecule has 1 unspecified atom stereocenters. The lowest BCUT2D eigenvalue weighted by molar-refractivity contribution is -0.130. The molecule has 3 aliphatic heterocycles. The summed E-state index contributed by atoms with van der Waals surface area (Å²) in [5, 5.41) is 3.93. The average molecular weight is 370 g/mol. The van der Waals surface area contributed by atoms with Crippen molar-refractivity contribution in [1.82, 2.24) is 25.2 Å². The van der Waals surface area contributed by atoms with Crippen molar-refractivity contribution >= 4 is 23.4 Å². The molecule has 9 heteroatoms. The molecular formula is C18H22N6O3. The van der Waals surface area contributed by atoms with Gasteiger partial charge in [-0.25, -0.2) is 15.4 Å². The van der Waals surface area contributed by atoms with Gasteiger partial charge in [-0.15, -0.1) is 0 Å². The molecule has 1 saturated heterocycles. The first-order valence-electron chi connectivity index (χ1n) is 9.29. The van der Waals surface area contributed by atoms with Crippen LogP contribution in [0, 0.1) is 0 Å². The van der Waals surface area contributed by atoms with Crippen LogP contribution in [0.4, 0.5) is 0 Å². The van der Waals surface area contributed by atoms with Gasteiger partial charge in [0.25, 0.3) is 5.91 Å².